The largest absolute Gasteiger partial charge is 0.512 e. The maximum Gasteiger partial charge on any atom is 0.512 e. The Hall–Kier alpha value is -2.93. The highest BCUT2D eigenvalue weighted by molar-refractivity contribution is 6.30. The standard InChI is InChI=1S/C16H11ClFN3O3/c1-9-4-13(2-3-19-9)21-14(8-15(20-21)24-16(22)23)10-5-11(17)7-12(18)6-10/h2-8H,1H3,(H,22,23). The van der Waals surface area contributed by atoms with Crippen LogP contribution in [0.3, 0.4) is 0 Å². The van der Waals surface area contributed by atoms with E-state index in [4.69, 9.17) is 16.7 Å². The molecule has 0 radical (unpaired) electrons. The average molecular weight is 348 g/mol. The van der Waals surface area contributed by atoms with Gasteiger partial charge in [-0.05, 0) is 37.3 Å². The Morgan fingerprint density at radius 2 is 2.08 bits per heavy atom. The molecule has 6 nitrogen and oxygen atoms in total. The number of ether oxygens (including phenoxy) is 1. The zero-order chi connectivity index (χ0) is 17.3. The van der Waals surface area contributed by atoms with E-state index in [0.717, 1.165) is 5.69 Å². The van der Waals surface area contributed by atoms with Crippen molar-refractivity contribution in [2.45, 2.75) is 6.92 Å². The smallest absolute Gasteiger partial charge is 0.449 e. The number of carboxylic acid groups (broad SMARTS) is 1. The fourth-order valence-corrected chi connectivity index (χ4v) is 2.49. The molecule has 0 saturated carbocycles. The van der Waals surface area contributed by atoms with Crippen LogP contribution < -0.4 is 4.74 Å². The second kappa shape index (κ2) is 6.29. The Bertz CT molecular complexity index is 906. The van der Waals surface area contributed by atoms with Crippen molar-refractivity contribution < 1.29 is 19.0 Å². The van der Waals surface area contributed by atoms with Gasteiger partial charge in [0, 0.05) is 28.5 Å². The highest BCUT2D eigenvalue weighted by atomic mass is 35.5. The van der Waals surface area contributed by atoms with Gasteiger partial charge in [0.1, 0.15) is 5.82 Å². The number of hydrogen-bond acceptors (Lipinski definition) is 4. The molecule has 3 aromatic rings. The molecule has 0 fully saturated rings. The summed E-state index contributed by atoms with van der Waals surface area (Å²) in [7, 11) is 0. The van der Waals surface area contributed by atoms with Crippen molar-refractivity contribution in [2.75, 3.05) is 0 Å². The third-order valence-corrected chi connectivity index (χ3v) is 3.38. The molecule has 122 valence electrons. The van der Waals surface area contributed by atoms with Crippen molar-refractivity contribution in [1.29, 1.82) is 0 Å². The molecule has 0 bridgehead atoms. The van der Waals surface area contributed by atoms with E-state index in [9.17, 15) is 9.18 Å². The van der Waals surface area contributed by atoms with Crippen molar-refractivity contribution in [1.82, 2.24) is 14.8 Å². The van der Waals surface area contributed by atoms with Crippen LogP contribution in [0.5, 0.6) is 5.88 Å². The van der Waals surface area contributed by atoms with Crippen molar-refractivity contribution in [2.24, 2.45) is 0 Å². The maximum absolute atomic E-state index is 13.7. The SMILES string of the molecule is Cc1cc(-n2nc(OC(=O)O)cc2-c2cc(F)cc(Cl)c2)ccn1. The minimum absolute atomic E-state index is 0.132. The highest BCUT2D eigenvalue weighted by Crippen LogP contribution is 2.29. The summed E-state index contributed by atoms with van der Waals surface area (Å²) < 4.78 is 19.7. The molecule has 0 atom stereocenters. The van der Waals surface area contributed by atoms with Crippen LogP contribution in [0.15, 0.2) is 42.6 Å². The van der Waals surface area contributed by atoms with E-state index in [1.807, 2.05) is 0 Å². The van der Waals surface area contributed by atoms with Crippen molar-refractivity contribution in [3.8, 4) is 22.8 Å². The second-order valence-corrected chi connectivity index (χ2v) is 5.40. The van der Waals surface area contributed by atoms with E-state index in [-0.39, 0.29) is 10.9 Å². The van der Waals surface area contributed by atoms with Gasteiger partial charge < -0.3 is 9.84 Å². The van der Waals surface area contributed by atoms with E-state index < -0.39 is 12.0 Å². The van der Waals surface area contributed by atoms with Crippen LogP contribution in [0.25, 0.3) is 16.9 Å². The number of aryl methyl sites for hydroxylation is 1. The third kappa shape index (κ3) is 3.36. The van der Waals surface area contributed by atoms with E-state index in [1.165, 1.54) is 22.9 Å². The van der Waals surface area contributed by atoms with Gasteiger partial charge in [0.15, 0.2) is 0 Å². The van der Waals surface area contributed by atoms with Gasteiger partial charge in [0.25, 0.3) is 0 Å². The van der Waals surface area contributed by atoms with Crippen molar-refractivity contribution in [3.63, 3.8) is 0 Å². The third-order valence-electron chi connectivity index (χ3n) is 3.16. The summed E-state index contributed by atoms with van der Waals surface area (Å²) in [4.78, 5) is 14.9. The number of rotatable bonds is 3. The van der Waals surface area contributed by atoms with Crippen LogP contribution in [0.4, 0.5) is 9.18 Å². The molecule has 8 heteroatoms. The molecule has 1 aromatic carbocycles. The molecule has 2 aromatic heterocycles. The van der Waals surface area contributed by atoms with Gasteiger partial charge in [-0.25, -0.2) is 13.9 Å². The van der Waals surface area contributed by atoms with E-state index in [2.05, 4.69) is 14.8 Å². The lowest BCUT2D eigenvalue weighted by Crippen LogP contribution is -2.05. The number of nitrogens with zero attached hydrogens (tertiary/aromatic N) is 3. The molecule has 0 aliphatic carbocycles. The summed E-state index contributed by atoms with van der Waals surface area (Å²) in [5.74, 6) is -0.649. The second-order valence-electron chi connectivity index (χ2n) is 4.96. The van der Waals surface area contributed by atoms with Crippen LogP contribution in [0, 0.1) is 12.7 Å². The first-order chi connectivity index (χ1) is 11.4. The molecule has 2 heterocycles. The minimum atomic E-state index is -1.49. The van der Waals surface area contributed by atoms with Gasteiger partial charge in [0.05, 0.1) is 11.4 Å². The number of aromatic nitrogens is 3. The molecule has 0 aliphatic heterocycles. The van der Waals surface area contributed by atoms with E-state index >= 15 is 0 Å². The van der Waals surface area contributed by atoms with Crippen LogP contribution in [0.2, 0.25) is 5.02 Å². The van der Waals surface area contributed by atoms with E-state index in [1.54, 1.807) is 31.3 Å². The fraction of sp³-hybridized carbons (Fsp3) is 0.0625. The Morgan fingerprint density at radius 3 is 2.75 bits per heavy atom. The van der Waals surface area contributed by atoms with Gasteiger partial charge in [-0.3, -0.25) is 4.98 Å². The fourth-order valence-electron chi connectivity index (χ4n) is 2.27. The Labute approximate surface area is 141 Å². The van der Waals surface area contributed by atoms with Crippen LogP contribution in [0.1, 0.15) is 5.69 Å². The number of hydrogen-bond donors (Lipinski definition) is 1. The predicted octanol–water partition coefficient (Wildman–Crippen LogP) is 4.09. The monoisotopic (exact) mass is 347 g/mol. The van der Waals surface area contributed by atoms with Crippen LogP contribution >= 0.6 is 11.6 Å². The maximum atomic E-state index is 13.7. The summed E-state index contributed by atoms with van der Waals surface area (Å²) in [5.41, 5.74) is 2.23. The van der Waals surface area contributed by atoms with Gasteiger partial charge in [-0.15, -0.1) is 5.10 Å². The van der Waals surface area contributed by atoms with Crippen molar-refractivity contribution >= 4 is 17.8 Å². The van der Waals surface area contributed by atoms with Crippen molar-refractivity contribution in [3.05, 3.63) is 59.1 Å². The Balaban J connectivity index is 2.19. The summed E-state index contributed by atoms with van der Waals surface area (Å²) in [5, 5.41) is 13.1. The molecular weight excluding hydrogens is 337 g/mol. The van der Waals surface area contributed by atoms with Gasteiger partial charge >= 0.3 is 6.16 Å². The zero-order valence-corrected chi connectivity index (χ0v) is 13.2. The Kier molecular flexibility index (Phi) is 4.18. The first kappa shape index (κ1) is 15.9. The van der Waals surface area contributed by atoms with Gasteiger partial charge in [-0.2, -0.15) is 0 Å². The van der Waals surface area contributed by atoms with Crippen LogP contribution in [-0.4, -0.2) is 26.0 Å². The summed E-state index contributed by atoms with van der Waals surface area (Å²) >= 11 is 5.91. The quantitative estimate of drug-likeness (QED) is 0.722. The number of benzene rings is 1. The number of pyridine rings is 1. The molecule has 3 rings (SSSR count). The molecule has 0 amide bonds. The average Bonchev–Trinajstić information content (AvgIpc) is 2.89. The lowest BCUT2D eigenvalue weighted by molar-refractivity contribution is 0.142. The molecule has 0 aliphatic rings. The van der Waals surface area contributed by atoms with Gasteiger partial charge in [-0.1, -0.05) is 11.6 Å². The normalized spacial score (nSPS) is 10.6. The lowest BCUT2D eigenvalue weighted by Gasteiger charge is -2.08. The topological polar surface area (TPSA) is 77.2 Å². The highest BCUT2D eigenvalue weighted by Gasteiger charge is 2.16. The first-order valence-electron chi connectivity index (χ1n) is 6.83. The summed E-state index contributed by atoms with van der Waals surface area (Å²) in [6, 6.07) is 8.84. The van der Waals surface area contributed by atoms with Gasteiger partial charge in [0.2, 0.25) is 5.88 Å². The molecule has 0 spiro atoms. The molecule has 24 heavy (non-hydrogen) atoms. The minimum Gasteiger partial charge on any atom is -0.449 e. The summed E-state index contributed by atoms with van der Waals surface area (Å²) in [6.45, 7) is 1.81. The lowest BCUT2D eigenvalue weighted by atomic mass is 10.1. The predicted molar refractivity (Wildman–Crippen MR) is 85.2 cm³/mol. The number of halogens is 2. The zero-order valence-electron chi connectivity index (χ0n) is 12.4. The molecule has 1 N–H and O–H groups in total. The number of carbonyl (C=O) groups is 1. The summed E-state index contributed by atoms with van der Waals surface area (Å²) in [6.07, 6.45) is 0.0984. The first-order valence-corrected chi connectivity index (χ1v) is 7.20. The van der Waals surface area contributed by atoms with Crippen LogP contribution in [-0.2, 0) is 0 Å². The molecular formula is C16H11ClFN3O3. The molecule has 0 saturated heterocycles. The molecule has 0 unspecified atom stereocenters. The Morgan fingerprint density at radius 1 is 1.29 bits per heavy atom. The van der Waals surface area contributed by atoms with E-state index in [0.29, 0.717) is 16.9 Å².